The van der Waals surface area contributed by atoms with Gasteiger partial charge in [-0.3, -0.25) is 0 Å². The van der Waals surface area contributed by atoms with E-state index in [1.54, 1.807) is 0 Å². The van der Waals surface area contributed by atoms with E-state index in [1.807, 2.05) is 32.0 Å². The van der Waals surface area contributed by atoms with Gasteiger partial charge in [0, 0.05) is 11.6 Å². The normalized spacial score (nSPS) is 17.7. The molecular weight excluding hydrogens is 254 g/mol. The number of fused-ring (bicyclic) bond motifs is 1. The van der Waals surface area contributed by atoms with E-state index >= 15 is 0 Å². The second-order valence-electron chi connectivity index (χ2n) is 5.34. The van der Waals surface area contributed by atoms with Crippen molar-refractivity contribution in [1.29, 1.82) is 0 Å². The molecule has 4 heteroatoms. The molecule has 1 unspecified atom stereocenters. The summed E-state index contributed by atoms with van der Waals surface area (Å²) in [6, 6.07) is 6.18. The minimum atomic E-state index is -0.744. The standard InChI is InChI=1S/C16H25NO3/c1-4-16(18,5-2)11-20-12-7-8-13-14(17-6-3)10-19-15(13)9-12/h7-9,14,17-18H,4-6,10-11H2,1-3H3. The number of rotatable bonds is 7. The average molecular weight is 279 g/mol. The number of ether oxygens (including phenoxy) is 2. The zero-order chi connectivity index (χ0) is 14.6. The van der Waals surface area contributed by atoms with Gasteiger partial charge in [0.25, 0.3) is 0 Å². The SMILES string of the molecule is CCNC1COc2cc(OCC(O)(CC)CC)ccc21. The zero-order valence-corrected chi connectivity index (χ0v) is 12.6. The first-order chi connectivity index (χ1) is 9.61. The number of aliphatic hydroxyl groups is 1. The van der Waals surface area contributed by atoms with Crippen molar-refractivity contribution < 1.29 is 14.6 Å². The zero-order valence-electron chi connectivity index (χ0n) is 12.6. The summed E-state index contributed by atoms with van der Waals surface area (Å²) in [5, 5.41) is 13.6. The first-order valence-electron chi connectivity index (χ1n) is 7.47. The molecule has 1 atom stereocenters. The van der Waals surface area contributed by atoms with Gasteiger partial charge in [-0.15, -0.1) is 0 Å². The highest BCUT2D eigenvalue weighted by molar-refractivity contribution is 5.45. The Labute approximate surface area is 121 Å². The van der Waals surface area contributed by atoms with Crippen molar-refractivity contribution in [3.63, 3.8) is 0 Å². The largest absolute Gasteiger partial charge is 0.491 e. The lowest BCUT2D eigenvalue weighted by Crippen LogP contribution is -2.34. The molecule has 1 aromatic carbocycles. The predicted molar refractivity (Wildman–Crippen MR) is 79.4 cm³/mol. The van der Waals surface area contributed by atoms with Crippen molar-refractivity contribution in [2.45, 2.75) is 45.3 Å². The smallest absolute Gasteiger partial charge is 0.127 e. The molecule has 20 heavy (non-hydrogen) atoms. The molecule has 112 valence electrons. The molecule has 0 aliphatic carbocycles. The Hall–Kier alpha value is -1.26. The van der Waals surface area contributed by atoms with Crippen LogP contribution in [0.5, 0.6) is 11.5 Å². The molecule has 0 aromatic heterocycles. The Morgan fingerprint density at radius 1 is 1.35 bits per heavy atom. The lowest BCUT2D eigenvalue weighted by molar-refractivity contribution is -0.0114. The molecule has 2 rings (SSSR count). The van der Waals surface area contributed by atoms with Gasteiger partial charge in [0.05, 0.1) is 11.6 Å². The fourth-order valence-corrected chi connectivity index (χ4v) is 2.37. The second-order valence-corrected chi connectivity index (χ2v) is 5.34. The van der Waals surface area contributed by atoms with Crippen LogP contribution in [0.25, 0.3) is 0 Å². The molecule has 1 aromatic rings. The van der Waals surface area contributed by atoms with E-state index in [0.29, 0.717) is 26.1 Å². The van der Waals surface area contributed by atoms with Gasteiger partial charge < -0.3 is 19.9 Å². The van der Waals surface area contributed by atoms with Crippen molar-refractivity contribution in [2.24, 2.45) is 0 Å². The molecule has 4 nitrogen and oxygen atoms in total. The van der Waals surface area contributed by atoms with Gasteiger partial charge in [-0.1, -0.05) is 20.8 Å². The molecule has 0 radical (unpaired) electrons. The van der Waals surface area contributed by atoms with E-state index in [-0.39, 0.29) is 6.04 Å². The van der Waals surface area contributed by atoms with Crippen LogP contribution in [0.3, 0.4) is 0 Å². The number of likely N-dealkylation sites (N-methyl/N-ethyl adjacent to an activating group) is 1. The summed E-state index contributed by atoms with van der Waals surface area (Å²) < 4.78 is 11.4. The minimum absolute atomic E-state index is 0.271. The third kappa shape index (κ3) is 3.25. The van der Waals surface area contributed by atoms with Gasteiger partial charge in [0.1, 0.15) is 24.7 Å². The average Bonchev–Trinajstić information content (AvgIpc) is 2.88. The molecule has 0 bridgehead atoms. The molecule has 0 saturated carbocycles. The molecule has 0 amide bonds. The van der Waals surface area contributed by atoms with E-state index in [9.17, 15) is 5.11 Å². The van der Waals surface area contributed by atoms with Crippen LogP contribution >= 0.6 is 0 Å². The first-order valence-corrected chi connectivity index (χ1v) is 7.47. The van der Waals surface area contributed by atoms with E-state index in [0.717, 1.165) is 18.0 Å². The Kier molecular flexibility index (Phi) is 4.89. The highest BCUT2D eigenvalue weighted by atomic mass is 16.5. The molecule has 0 fully saturated rings. The van der Waals surface area contributed by atoms with Crippen LogP contribution in [0.1, 0.15) is 45.2 Å². The quantitative estimate of drug-likeness (QED) is 0.805. The van der Waals surface area contributed by atoms with Gasteiger partial charge in [-0.25, -0.2) is 0 Å². The summed E-state index contributed by atoms with van der Waals surface area (Å²) in [7, 11) is 0. The van der Waals surface area contributed by atoms with Crippen molar-refractivity contribution in [3.05, 3.63) is 23.8 Å². The molecular formula is C16H25NO3. The summed E-state index contributed by atoms with van der Waals surface area (Å²) >= 11 is 0. The van der Waals surface area contributed by atoms with E-state index in [4.69, 9.17) is 9.47 Å². The predicted octanol–water partition coefficient (Wildman–Crippen LogP) is 2.66. The Morgan fingerprint density at radius 3 is 2.75 bits per heavy atom. The Bertz CT molecular complexity index is 443. The maximum atomic E-state index is 10.2. The maximum absolute atomic E-state index is 10.2. The summed E-state index contributed by atoms with van der Waals surface area (Å²) in [5.41, 5.74) is 0.437. The third-order valence-electron chi connectivity index (χ3n) is 4.04. The molecule has 0 saturated heterocycles. The van der Waals surface area contributed by atoms with E-state index in [2.05, 4.69) is 12.2 Å². The topological polar surface area (TPSA) is 50.7 Å². The van der Waals surface area contributed by atoms with Crippen LogP contribution in [-0.2, 0) is 0 Å². The molecule has 1 aliphatic heterocycles. The van der Waals surface area contributed by atoms with Crippen LogP contribution in [0, 0.1) is 0 Å². The third-order valence-corrected chi connectivity index (χ3v) is 4.04. The van der Waals surface area contributed by atoms with Gasteiger partial charge in [0.2, 0.25) is 0 Å². The lowest BCUT2D eigenvalue weighted by Gasteiger charge is -2.25. The van der Waals surface area contributed by atoms with Crippen molar-refractivity contribution in [1.82, 2.24) is 5.32 Å². The second kappa shape index (κ2) is 6.46. The fraction of sp³-hybridized carbons (Fsp3) is 0.625. The molecule has 0 spiro atoms. The van der Waals surface area contributed by atoms with Crippen LogP contribution < -0.4 is 14.8 Å². The van der Waals surface area contributed by atoms with Crippen molar-refractivity contribution in [3.8, 4) is 11.5 Å². The minimum Gasteiger partial charge on any atom is -0.491 e. The first kappa shape index (κ1) is 15.1. The van der Waals surface area contributed by atoms with Crippen LogP contribution in [-0.4, -0.2) is 30.5 Å². The summed E-state index contributed by atoms with van der Waals surface area (Å²) in [5.74, 6) is 1.63. The number of hydrogen-bond donors (Lipinski definition) is 2. The van der Waals surface area contributed by atoms with E-state index < -0.39 is 5.60 Å². The monoisotopic (exact) mass is 279 g/mol. The fourth-order valence-electron chi connectivity index (χ4n) is 2.37. The molecule has 1 heterocycles. The maximum Gasteiger partial charge on any atom is 0.127 e. The highest BCUT2D eigenvalue weighted by Gasteiger charge is 2.25. The Morgan fingerprint density at radius 2 is 2.10 bits per heavy atom. The summed E-state index contributed by atoms with van der Waals surface area (Å²) in [4.78, 5) is 0. The van der Waals surface area contributed by atoms with Crippen LogP contribution in [0.15, 0.2) is 18.2 Å². The Balaban J connectivity index is 2.02. The van der Waals surface area contributed by atoms with Gasteiger partial charge >= 0.3 is 0 Å². The summed E-state index contributed by atoms with van der Waals surface area (Å²) in [6.45, 7) is 7.94. The van der Waals surface area contributed by atoms with Gasteiger partial charge in [-0.2, -0.15) is 0 Å². The van der Waals surface area contributed by atoms with Crippen molar-refractivity contribution >= 4 is 0 Å². The number of benzene rings is 1. The van der Waals surface area contributed by atoms with Crippen LogP contribution in [0.2, 0.25) is 0 Å². The number of hydrogen-bond acceptors (Lipinski definition) is 4. The highest BCUT2D eigenvalue weighted by Crippen LogP contribution is 2.35. The van der Waals surface area contributed by atoms with Crippen LogP contribution in [0.4, 0.5) is 0 Å². The number of nitrogens with one attached hydrogen (secondary N) is 1. The van der Waals surface area contributed by atoms with Gasteiger partial charge in [-0.05, 0) is 31.5 Å². The van der Waals surface area contributed by atoms with E-state index in [1.165, 1.54) is 5.56 Å². The molecule has 2 N–H and O–H groups in total. The summed E-state index contributed by atoms with van der Waals surface area (Å²) in [6.07, 6.45) is 1.38. The van der Waals surface area contributed by atoms with Crippen molar-refractivity contribution in [2.75, 3.05) is 19.8 Å². The molecule has 1 aliphatic rings. The lowest BCUT2D eigenvalue weighted by atomic mass is 9.99. The van der Waals surface area contributed by atoms with Gasteiger partial charge in [0.15, 0.2) is 0 Å².